The Morgan fingerprint density at radius 1 is 1.47 bits per heavy atom. The Hall–Kier alpha value is -0.430. The first-order chi connectivity index (χ1) is 8.05. The molecule has 0 spiro atoms. The van der Waals surface area contributed by atoms with E-state index in [-0.39, 0.29) is 6.04 Å². The number of nitrogens with zero attached hydrogens (tertiary/aromatic N) is 1. The molecule has 6 heteroatoms. The molecule has 2 rings (SSSR count). The van der Waals surface area contributed by atoms with E-state index in [2.05, 4.69) is 0 Å². The van der Waals surface area contributed by atoms with Crippen molar-refractivity contribution < 1.29 is 8.42 Å². The van der Waals surface area contributed by atoms with E-state index in [0.29, 0.717) is 17.3 Å². The van der Waals surface area contributed by atoms with Gasteiger partial charge in [0.2, 0.25) is 0 Å². The van der Waals surface area contributed by atoms with Crippen LogP contribution in [0.3, 0.4) is 0 Å². The lowest BCUT2D eigenvalue weighted by Crippen LogP contribution is -2.47. The molecule has 1 unspecified atom stereocenters. The van der Waals surface area contributed by atoms with Gasteiger partial charge in [0.25, 0.3) is 10.0 Å². The molecule has 0 amide bonds. The smallest absolute Gasteiger partial charge is 0.252 e. The van der Waals surface area contributed by atoms with Crippen LogP contribution in [0.2, 0.25) is 0 Å². The second-order valence-corrected chi connectivity index (χ2v) is 7.77. The molecule has 1 aromatic rings. The zero-order chi connectivity index (χ0) is 12.5. The van der Waals surface area contributed by atoms with Crippen molar-refractivity contribution in [2.24, 2.45) is 5.73 Å². The van der Waals surface area contributed by atoms with E-state index in [4.69, 9.17) is 5.73 Å². The van der Waals surface area contributed by atoms with Crippen molar-refractivity contribution in [2.45, 2.75) is 36.4 Å². The molecule has 96 valence electrons. The molecule has 4 nitrogen and oxygen atoms in total. The molecule has 1 aliphatic rings. The summed E-state index contributed by atoms with van der Waals surface area (Å²) in [5.74, 6) is 0. The molecule has 0 bridgehead atoms. The van der Waals surface area contributed by atoms with Gasteiger partial charge in [-0.05, 0) is 31.9 Å². The lowest BCUT2D eigenvalue weighted by atomic mass is 10.1. The van der Waals surface area contributed by atoms with Crippen LogP contribution in [0.5, 0.6) is 0 Å². The van der Waals surface area contributed by atoms with E-state index in [1.165, 1.54) is 11.3 Å². The van der Waals surface area contributed by atoms with Crippen LogP contribution in [0.15, 0.2) is 16.3 Å². The number of piperidine rings is 1. The van der Waals surface area contributed by atoms with Gasteiger partial charge in [0.15, 0.2) is 0 Å². The van der Waals surface area contributed by atoms with Gasteiger partial charge in [-0.1, -0.05) is 6.42 Å². The van der Waals surface area contributed by atoms with Gasteiger partial charge in [-0.2, -0.15) is 4.31 Å². The van der Waals surface area contributed by atoms with Crippen molar-refractivity contribution in [3.63, 3.8) is 0 Å². The fourth-order valence-electron chi connectivity index (χ4n) is 2.19. The quantitative estimate of drug-likeness (QED) is 0.909. The summed E-state index contributed by atoms with van der Waals surface area (Å²) in [5, 5.41) is 0. The first-order valence-electron chi connectivity index (χ1n) is 5.84. The summed E-state index contributed by atoms with van der Waals surface area (Å²) in [4.78, 5) is 1.02. The molecule has 0 aliphatic carbocycles. The molecule has 1 saturated heterocycles. The lowest BCUT2D eigenvalue weighted by molar-refractivity contribution is 0.258. The van der Waals surface area contributed by atoms with Crippen molar-refractivity contribution in [2.75, 3.05) is 13.1 Å². The maximum atomic E-state index is 12.5. The number of aryl methyl sites for hydroxylation is 1. The molecular weight excluding hydrogens is 256 g/mol. The number of hydrogen-bond donors (Lipinski definition) is 1. The zero-order valence-electron chi connectivity index (χ0n) is 9.93. The maximum Gasteiger partial charge on any atom is 0.252 e. The topological polar surface area (TPSA) is 63.4 Å². The summed E-state index contributed by atoms with van der Waals surface area (Å²) in [6, 6.07) is 3.51. The molecule has 17 heavy (non-hydrogen) atoms. The normalized spacial score (nSPS) is 22.8. The minimum atomic E-state index is -3.33. The summed E-state index contributed by atoms with van der Waals surface area (Å²) in [5.41, 5.74) is 5.67. The third kappa shape index (κ3) is 2.54. The van der Waals surface area contributed by atoms with Crippen LogP contribution in [0.25, 0.3) is 0 Å². The van der Waals surface area contributed by atoms with Gasteiger partial charge in [0.1, 0.15) is 4.21 Å². The molecule has 0 radical (unpaired) electrons. The minimum Gasteiger partial charge on any atom is -0.329 e. The minimum absolute atomic E-state index is 0.0313. The van der Waals surface area contributed by atoms with E-state index < -0.39 is 10.0 Å². The Morgan fingerprint density at radius 3 is 2.82 bits per heavy atom. The molecule has 1 aliphatic heterocycles. The van der Waals surface area contributed by atoms with Crippen LogP contribution in [0.1, 0.15) is 24.1 Å². The Morgan fingerprint density at radius 2 is 2.24 bits per heavy atom. The fourth-order valence-corrected chi connectivity index (χ4v) is 5.31. The van der Waals surface area contributed by atoms with Gasteiger partial charge in [-0.25, -0.2) is 8.42 Å². The molecule has 0 saturated carbocycles. The molecule has 0 aromatic carbocycles. The van der Waals surface area contributed by atoms with Crippen LogP contribution in [0.4, 0.5) is 0 Å². The standard InChI is InChI=1S/C11H18N2O2S2/c1-9-5-6-11(16-9)17(14,15)13-7-3-2-4-10(13)8-12/h5-6,10H,2-4,7-8,12H2,1H3. The predicted molar refractivity (Wildman–Crippen MR) is 69.6 cm³/mol. The Bertz CT molecular complexity index is 481. The summed E-state index contributed by atoms with van der Waals surface area (Å²) in [6.45, 7) is 2.92. The number of hydrogen-bond acceptors (Lipinski definition) is 4. The second-order valence-electron chi connectivity index (χ2n) is 4.37. The summed E-state index contributed by atoms with van der Waals surface area (Å²) < 4.78 is 26.9. The highest BCUT2D eigenvalue weighted by molar-refractivity contribution is 7.91. The van der Waals surface area contributed by atoms with E-state index in [0.717, 1.165) is 24.1 Å². The molecule has 1 atom stereocenters. The van der Waals surface area contributed by atoms with E-state index in [9.17, 15) is 8.42 Å². The van der Waals surface area contributed by atoms with Gasteiger partial charge < -0.3 is 5.73 Å². The molecule has 1 fully saturated rings. The van der Waals surface area contributed by atoms with Gasteiger partial charge in [0.05, 0.1) is 0 Å². The monoisotopic (exact) mass is 274 g/mol. The highest BCUT2D eigenvalue weighted by Crippen LogP contribution is 2.28. The summed E-state index contributed by atoms with van der Waals surface area (Å²) in [6.07, 6.45) is 2.87. The van der Waals surface area contributed by atoms with Crippen LogP contribution in [-0.4, -0.2) is 31.9 Å². The van der Waals surface area contributed by atoms with Crippen molar-refractivity contribution in [3.05, 3.63) is 17.0 Å². The lowest BCUT2D eigenvalue weighted by Gasteiger charge is -2.33. The average Bonchev–Trinajstić information content (AvgIpc) is 2.76. The maximum absolute atomic E-state index is 12.5. The van der Waals surface area contributed by atoms with Gasteiger partial charge in [-0.15, -0.1) is 11.3 Å². The Balaban J connectivity index is 2.30. The van der Waals surface area contributed by atoms with Crippen LogP contribution < -0.4 is 5.73 Å². The fraction of sp³-hybridized carbons (Fsp3) is 0.636. The summed E-state index contributed by atoms with van der Waals surface area (Å²) in [7, 11) is -3.33. The van der Waals surface area contributed by atoms with Gasteiger partial charge in [-0.3, -0.25) is 0 Å². The van der Waals surface area contributed by atoms with E-state index >= 15 is 0 Å². The molecule has 1 aromatic heterocycles. The van der Waals surface area contributed by atoms with Gasteiger partial charge >= 0.3 is 0 Å². The van der Waals surface area contributed by atoms with Crippen molar-refractivity contribution in [1.82, 2.24) is 4.31 Å². The molecule has 2 heterocycles. The first kappa shape index (κ1) is 13.0. The van der Waals surface area contributed by atoms with Crippen LogP contribution >= 0.6 is 11.3 Å². The van der Waals surface area contributed by atoms with Gasteiger partial charge in [0, 0.05) is 24.0 Å². The zero-order valence-corrected chi connectivity index (χ0v) is 11.6. The number of sulfonamides is 1. The molecule has 2 N–H and O–H groups in total. The van der Waals surface area contributed by atoms with Crippen molar-refractivity contribution >= 4 is 21.4 Å². The summed E-state index contributed by atoms with van der Waals surface area (Å²) >= 11 is 1.33. The van der Waals surface area contributed by atoms with Crippen molar-refractivity contribution in [1.29, 1.82) is 0 Å². The third-order valence-corrected chi connectivity index (χ3v) is 6.54. The SMILES string of the molecule is Cc1ccc(S(=O)(=O)N2CCCCC2CN)s1. The van der Waals surface area contributed by atoms with E-state index in [1.54, 1.807) is 10.4 Å². The van der Waals surface area contributed by atoms with Crippen LogP contribution in [0, 0.1) is 6.92 Å². The Labute approximate surface area is 106 Å². The molecular formula is C11H18N2O2S2. The third-order valence-electron chi connectivity index (χ3n) is 3.12. The van der Waals surface area contributed by atoms with E-state index in [1.807, 2.05) is 13.0 Å². The largest absolute Gasteiger partial charge is 0.329 e. The number of thiophene rings is 1. The highest BCUT2D eigenvalue weighted by Gasteiger charge is 2.33. The average molecular weight is 274 g/mol. The Kier molecular flexibility index (Phi) is 3.87. The number of rotatable bonds is 3. The second kappa shape index (κ2) is 5.06. The number of nitrogens with two attached hydrogens (primary N) is 1. The first-order valence-corrected chi connectivity index (χ1v) is 8.09. The van der Waals surface area contributed by atoms with Crippen LogP contribution in [-0.2, 0) is 10.0 Å². The highest BCUT2D eigenvalue weighted by atomic mass is 32.2. The predicted octanol–water partition coefficient (Wildman–Crippen LogP) is 1.56. The van der Waals surface area contributed by atoms with Crippen molar-refractivity contribution in [3.8, 4) is 0 Å².